The van der Waals surface area contributed by atoms with Crippen LogP contribution in [0.1, 0.15) is 31.2 Å². The molecule has 24 heavy (non-hydrogen) atoms. The summed E-state index contributed by atoms with van der Waals surface area (Å²) in [5.74, 6) is 0.861. The molecule has 0 spiro atoms. The van der Waals surface area contributed by atoms with Crippen molar-refractivity contribution in [2.24, 2.45) is 11.7 Å². The van der Waals surface area contributed by atoms with Crippen molar-refractivity contribution in [2.45, 2.75) is 38.3 Å². The summed E-state index contributed by atoms with van der Waals surface area (Å²) < 4.78 is 5.48. The van der Waals surface area contributed by atoms with Crippen LogP contribution in [0, 0.1) is 5.92 Å². The van der Waals surface area contributed by atoms with Gasteiger partial charge in [0.15, 0.2) is 6.61 Å². The molecule has 1 aliphatic rings. The van der Waals surface area contributed by atoms with Crippen molar-refractivity contribution in [3.63, 3.8) is 0 Å². The van der Waals surface area contributed by atoms with Crippen LogP contribution >= 0.6 is 0 Å². The summed E-state index contributed by atoms with van der Waals surface area (Å²) in [6.45, 7) is 0.446. The largest absolute Gasteiger partial charge is 0.484 e. The quantitative estimate of drug-likeness (QED) is 0.787. The molecule has 0 aliphatic heterocycles. The molecule has 2 amide bonds. The molecule has 0 saturated heterocycles. The number of likely N-dealkylation sites (N-methyl/N-ethyl adjacent to an activating group) is 1. The summed E-state index contributed by atoms with van der Waals surface area (Å²) in [5, 5.41) is 2.93. The summed E-state index contributed by atoms with van der Waals surface area (Å²) in [6, 6.07) is 7.56. The highest BCUT2D eigenvalue weighted by Gasteiger charge is 2.25. The van der Waals surface area contributed by atoms with Crippen LogP contribution in [-0.2, 0) is 16.1 Å². The number of carbonyl (C=O) groups is 2. The van der Waals surface area contributed by atoms with Gasteiger partial charge in [0.1, 0.15) is 5.75 Å². The first-order chi connectivity index (χ1) is 11.5. The van der Waals surface area contributed by atoms with E-state index in [0.29, 0.717) is 24.6 Å². The van der Waals surface area contributed by atoms with Gasteiger partial charge in [-0.15, -0.1) is 0 Å². The summed E-state index contributed by atoms with van der Waals surface area (Å²) in [6.07, 6.45) is 3.67. The van der Waals surface area contributed by atoms with Crippen molar-refractivity contribution >= 4 is 11.8 Å². The smallest absolute Gasteiger partial charge is 0.259 e. The number of nitrogens with zero attached hydrogens (tertiary/aromatic N) is 1. The molecule has 0 unspecified atom stereocenters. The highest BCUT2D eigenvalue weighted by atomic mass is 16.5. The van der Waals surface area contributed by atoms with E-state index in [1.165, 1.54) is 4.90 Å². The first kappa shape index (κ1) is 18.3. The fourth-order valence-corrected chi connectivity index (χ4v) is 2.85. The second-order valence-corrected chi connectivity index (χ2v) is 6.56. The molecule has 1 saturated carbocycles. The Bertz CT molecular complexity index is 574. The van der Waals surface area contributed by atoms with Crippen LogP contribution < -0.4 is 15.8 Å². The van der Waals surface area contributed by atoms with Gasteiger partial charge in [0.05, 0.1) is 0 Å². The van der Waals surface area contributed by atoms with Crippen LogP contribution in [0.3, 0.4) is 0 Å². The number of hydrogen-bond donors (Lipinski definition) is 2. The number of nitrogens with one attached hydrogen (secondary N) is 1. The topological polar surface area (TPSA) is 84.7 Å². The van der Waals surface area contributed by atoms with Gasteiger partial charge in [-0.1, -0.05) is 18.6 Å². The first-order valence-corrected chi connectivity index (χ1v) is 8.40. The van der Waals surface area contributed by atoms with Crippen molar-refractivity contribution < 1.29 is 14.3 Å². The van der Waals surface area contributed by atoms with Crippen molar-refractivity contribution in [1.29, 1.82) is 0 Å². The maximum atomic E-state index is 12.0. The Morgan fingerprint density at radius 1 is 1.33 bits per heavy atom. The van der Waals surface area contributed by atoms with E-state index in [4.69, 9.17) is 10.5 Å². The third-order valence-electron chi connectivity index (χ3n) is 4.41. The molecule has 1 aromatic rings. The van der Waals surface area contributed by atoms with Gasteiger partial charge in [0.25, 0.3) is 5.91 Å². The number of benzene rings is 1. The van der Waals surface area contributed by atoms with Crippen molar-refractivity contribution in [1.82, 2.24) is 10.2 Å². The molecule has 2 rings (SSSR count). The van der Waals surface area contributed by atoms with Gasteiger partial charge in [0, 0.05) is 33.1 Å². The number of ether oxygens (including phenoxy) is 1. The summed E-state index contributed by atoms with van der Waals surface area (Å²) in [5.41, 5.74) is 6.94. The Hall–Kier alpha value is -2.08. The minimum Gasteiger partial charge on any atom is -0.484 e. The average molecular weight is 333 g/mol. The fraction of sp³-hybridized carbons (Fsp3) is 0.556. The second-order valence-electron chi connectivity index (χ2n) is 6.56. The van der Waals surface area contributed by atoms with Crippen molar-refractivity contribution in [3.8, 4) is 5.75 Å². The van der Waals surface area contributed by atoms with Gasteiger partial charge in [-0.2, -0.15) is 0 Å². The normalized spacial score (nSPS) is 19.8. The Balaban J connectivity index is 1.79. The minimum absolute atomic E-state index is 0.00236. The molecule has 2 atom stereocenters. The lowest BCUT2D eigenvalue weighted by molar-refractivity contribution is -0.130. The van der Waals surface area contributed by atoms with Crippen LogP contribution in [0.4, 0.5) is 0 Å². The van der Waals surface area contributed by atoms with Gasteiger partial charge in [-0.05, 0) is 36.5 Å². The molecule has 6 nitrogen and oxygen atoms in total. The molecule has 0 heterocycles. The van der Waals surface area contributed by atoms with E-state index in [1.54, 1.807) is 20.2 Å². The monoisotopic (exact) mass is 333 g/mol. The molecule has 0 bridgehead atoms. The SMILES string of the molecule is CN(C)C(=O)COc1cccc(CNC(=O)C[C@@H]2CCC[C@H]2N)c1. The molecule has 6 heteroatoms. The van der Waals surface area contributed by atoms with Crippen LogP contribution in [-0.4, -0.2) is 43.5 Å². The van der Waals surface area contributed by atoms with E-state index in [9.17, 15) is 9.59 Å². The Morgan fingerprint density at radius 3 is 2.79 bits per heavy atom. The molecule has 3 N–H and O–H groups in total. The Kier molecular flexibility index (Phi) is 6.61. The number of nitrogens with two attached hydrogens (primary N) is 1. The van der Waals surface area contributed by atoms with Crippen LogP contribution in [0.2, 0.25) is 0 Å². The number of amides is 2. The highest BCUT2D eigenvalue weighted by molar-refractivity contribution is 5.77. The zero-order valence-electron chi connectivity index (χ0n) is 14.5. The Morgan fingerprint density at radius 2 is 2.12 bits per heavy atom. The summed E-state index contributed by atoms with van der Waals surface area (Å²) >= 11 is 0. The molecular weight excluding hydrogens is 306 g/mol. The van der Waals surface area contributed by atoms with E-state index in [-0.39, 0.29) is 24.5 Å². The zero-order chi connectivity index (χ0) is 17.5. The molecule has 1 aromatic carbocycles. The van der Waals surface area contributed by atoms with E-state index < -0.39 is 0 Å². The number of rotatable bonds is 7. The minimum atomic E-state index is -0.0957. The van der Waals surface area contributed by atoms with Crippen LogP contribution in [0.15, 0.2) is 24.3 Å². The van der Waals surface area contributed by atoms with Gasteiger partial charge in [-0.25, -0.2) is 0 Å². The number of carbonyl (C=O) groups excluding carboxylic acids is 2. The predicted octanol–water partition coefficient (Wildman–Crippen LogP) is 1.29. The summed E-state index contributed by atoms with van der Waals surface area (Å²) in [4.78, 5) is 25.1. The molecule has 1 aliphatic carbocycles. The first-order valence-electron chi connectivity index (χ1n) is 8.40. The van der Waals surface area contributed by atoms with Gasteiger partial charge >= 0.3 is 0 Å². The summed E-state index contributed by atoms with van der Waals surface area (Å²) in [7, 11) is 3.38. The maximum absolute atomic E-state index is 12.0. The third kappa shape index (κ3) is 5.53. The van der Waals surface area contributed by atoms with E-state index >= 15 is 0 Å². The number of hydrogen-bond acceptors (Lipinski definition) is 4. The van der Waals surface area contributed by atoms with Crippen molar-refractivity contribution in [3.05, 3.63) is 29.8 Å². The van der Waals surface area contributed by atoms with Crippen LogP contribution in [0.5, 0.6) is 5.75 Å². The molecule has 1 fully saturated rings. The molecule has 132 valence electrons. The molecular formula is C18H27N3O3. The molecule has 0 aromatic heterocycles. The lowest BCUT2D eigenvalue weighted by atomic mass is 10.00. The van der Waals surface area contributed by atoms with E-state index in [0.717, 1.165) is 24.8 Å². The van der Waals surface area contributed by atoms with Gasteiger partial charge in [0.2, 0.25) is 5.91 Å². The average Bonchev–Trinajstić information content (AvgIpc) is 2.96. The lowest BCUT2D eigenvalue weighted by Gasteiger charge is -2.15. The maximum Gasteiger partial charge on any atom is 0.259 e. The lowest BCUT2D eigenvalue weighted by Crippen LogP contribution is -2.31. The fourth-order valence-electron chi connectivity index (χ4n) is 2.85. The predicted molar refractivity (Wildman–Crippen MR) is 92.4 cm³/mol. The van der Waals surface area contributed by atoms with E-state index in [1.807, 2.05) is 18.2 Å². The zero-order valence-corrected chi connectivity index (χ0v) is 14.5. The van der Waals surface area contributed by atoms with E-state index in [2.05, 4.69) is 5.32 Å². The second kappa shape index (κ2) is 8.68. The Labute approximate surface area is 143 Å². The third-order valence-corrected chi connectivity index (χ3v) is 4.41. The van der Waals surface area contributed by atoms with Crippen molar-refractivity contribution in [2.75, 3.05) is 20.7 Å². The molecule has 0 radical (unpaired) electrons. The highest BCUT2D eigenvalue weighted by Crippen LogP contribution is 2.26. The van der Waals surface area contributed by atoms with Gasteiger partial charge < -0.3 is 20.7 Å². The standard InChI is InChI=1S/C18H27N3O3/c1-21(2)18(23)12-24-15-7-3-5-13(9-15)11-20-17(22)10-14-6-4-8-16(14)19/h3,5,7,9,14,16H,4,6,8,10-12,19H2,1-2H3,(H,20,22)/t14-,16+/m0/s1. The van der Waals surface area contributed by atoms with Gasteiger partial charge in [-0.3, -0.25) is 9.59 Å². The van der Waals surface area contributed by atoms with Crippen LogP contribution in [0.25, 0.3) is 0 Å².